The first-order valence-electron chi connectivity index (χ1n) is 4.94. The Morgan fingerprint density at radius 1 is 1.50 bits per heavy atom. The first-order chi connectivity index (χ1) is 6.81. The van der Waals surface area contributed by atoms with E-state index < -0.39 is 0 Å². The van der Waals surface area contributed by atoms with Crippen LogP contribution in [0.3, 0.4) is 0 Å². The van der Waals surface area contributed by atoms with E-state index in [1.807, 2.05) is 18.2 Å². The van der Waals surface area contributed by atoms with Crippen LogP contribution in [-0.2, 0) is 6.61 Å². The van der Waals surface area contributed by atoms with Crippen molar-refractivity contribution >= 4 is 11.6 Å². The molecule has 0 unspecified atom stereocenters. The third-order valence-electron chi connectivity index (χ3n) is 2.71. The van der Waals surface area contributed by atoms with E-state index >= 15 is 0 Å². The van der Waals surface area contributed by atoms with Gasteiger partial charge in [0.2, 0.25) is 0 Å². The van der Waals surface area contributed by atoms with Gasteiger partial charge >= 0.3 is 0 Å². The van der Waals surface area contributed by atoms with Gasteiger partial charge in [0.05, 0.1) is 6.61 Å². The van der Waals surface area contributed by atoms with Gasteiger partial charge < -0.3 is 10.4 Å². The van der Waals surface area contributed by atoms with Gasteiger partial charge in [-0.1, -0.05) is 17.7 Å². The number of aliphatic hydroxyl groups excluding tert-OH is 1. The van der Waals surface area contributed by atoms with E-state index in [0.29, 0.717) is 11.1 Å². The molecule has 0 saturated carbocycles. The van der Waals surface area contributed by atoms with Crippen LogP contribution in [0.1, 0.15) is 30.0 Å². The first-order valence-corrected chi connectivity index (χ1v) is 5.31. The van der Waals surface area contributed by atoms with Gasteiger partial charge in [0.15, 0.2) is 0 Å². The van der Waals surface area contributed by atoms with Crippen LogP contribution in [0, 0.1) is 0 Å². The zero-order chi connectivity index (χ0) is 9.97. The molecular formula is C11H14ClNO. The molecule has 3 heteroatoms. The van der Waals surface area contributed by atoms with Crippen LogP contribution in [0.15, 0.2) is 18.2 Å². The second-order valence-electron chi connectivity index (χ2n) is 3.65. The summed E-state index contributed by atoms with van der Waals surface area (Å²) < 4.78 is 0. The Kier molecular flexibility index (Phi) is 3.06. The Balaban J connectivity index is 2.31. The van der Waals surface area contributed by atoms with Crippen molar-refractivity contribution in [2.45, 2.75) is 25.5 Å². The average Bonchev–Trinajstić information content (AvgIpc) is 2.70. The molecule has 2 nitrogen and oxygen atoms in total. The number of hydrogen-bond acceptors (Lipinski definition) is 2. The maximum Gasteiger partial charge on any atom is 0.0685 e. The molecule has 1 saturated heterocycles. The number of hydrogen-bond donors (Lipinski definition) is 2. The molecule has 14 heavy (non-hydrogen) atoms. The van der Waals surface area contributed by atoms with E-state index in [9.17, 15) is 5.11 Å². The molecule has 1 aromatic rings. The zero-order valence-corrected chi connectivity index (χ0v) is 8.72. The van der Waals surface area contributed by atoms with Gasteiger partial charge in [0.25, 0.3) is 0 Å². The second-order valence-corrected chi connectivity index (χ2v) is 4.09. The molecule has 1 aliphatic rings. The molecule has 1 heterocycles. The topological polar surface area (TPSA) is 32.3 Å². The summed E-state index contributed by atoms with van der Waals surface area (Å²) >= 11 is 5.87. The highest BCUT2D eigenvalue weighted by atomic mass is 35.5. The number of aliphatic hydroxyl groups is 1. The SMILES string of the molecule is OCc1cc(Cl)ccc1[C@H]1CCCN1. The molecule has 0 bridgehead atoms. The Labute approximate surface area is 88.9 Å². The molecule has 1 atom stereocenters. The molecule has 2 rings (SSSR count). The molecule has 1 fully saturated rings. The molecule has 0 amide bonds. The van der Waals surface area contributed by atoms with Gasteiger partial charge in [0, 0.05) is 11.1 Å². The van der Waals surface area contributed by atoms with E-state index in [1.54, 1.807) is 0 Å². The molecular weight excluding hydrogens is 198 g/mol. The minimum absolute atomic E-state index is 0.0636. The van der Waals surface area contributed by atoms with Gasteiger partial charge in [-0.25, -0.2) is 0 Å². The fourth-order valence-corrected chi connectivity index (χ4v) is 2.20. The number of benzene rings is 1. The average molecular weight is 212 g/mol. The highest BCUT2D eigenvalue weighted by molar-refractivity contribution is 6.30. The summed E-state index contributed by atoms with van der Waals surface area (Å²) in [7, 11) is 0. The minimum Gasteiger partial charge on any atom is -0.392 e. The molecule has 1 aromatic carbocycles. The lowest BCUT2D eigenvalue weighted by atomic mass is 10.00. The molecule has 1 aliphatic heterocycles. The highest BCUT2D eigenvalue weighted by Crippen LogP contribution is 2.27. The van der Waals surface area contributed by atoms with E-state index in [2.05, 4.69) is 5.32 Å². The third kappa shape index (κ3) is 1.92. The first kappa shape index (κ1) is 9.97. The smallest absolute Gasteiger partial charge is 0.0685 e. The predicted octanol–water partition coefficient (Wildman–Crippen LogP) is 2.26. The highest BCUT2D eigenvalue weighted by Gasteiger charge is 2.18. The second kappa shape index (κ2) is 4.30. The van der Waals surface area contributed by atoms with Crippen LogP contribution in [-0.4, -0.2) is 11.7 Å². The van der Waals surface area contributed by atoms with Crippen molar-refractivity contribution in [1.29, 1.82) is 0 Å². The van der Waals surface area contributed by atoms with Gasteiger partial charge in [-0.3, -0.25) is 0 Å². The van der Waals surface area contributed by atoms with Crippen LogP contribution in [0.2, 0.25) is 5.02 Å². The van der Waals surface area contributed by atoms with Crippen molar-refractivity contribution in [3.8, 4) is 0 Å². The lowest BCUT2D eigenvalue weighted by molar-refractivity contribution is 0.279. The van der Waals surface area contributed by atoms with Gasteiger partial charge in [-0.15, -0.1) is 0 Å². The fraction of sp³-hybridized carbons (Fsp3) is 0.455. The van der Waals surface area contributed by atoms with Gasteiger partial charge in [-0.2, -0.15) is 0 Å². The molecule has 0 aliphatic carbocycles. The van der Waals surface area contributed by atoms with Crippen molar-refractivity contribution in [2.24, 2.45) is 0 Å². The summed E-state index contributed by atoms with van der Waals surface area (Å²) in [6, 6.07) is 6.14. The standard InChI is InChI=1S/C11H14ClNO/c12-9-3-4-10(8(6-9)7-14)11-2-1-5-13-11/h3-4,6,11,13-14H,1-2,5,7H2/t11-/m1/s1. The van der Waals surface area contributed by atoms with Crippen molar-refractivity contribution in [3.63, 3.8) is 0 Å². The number of nitrogens with one attached hydrogen (secondary N) is 1. The number of halogens is 1. The van der Waals surface area contributed by atoms with Crippen molar-refractivity contribution in [3.05, 3.63) is 34.3 Å². The number of rotatable bonds is 2. The van der Waals surface area contributed by atoms with Crippen LogP contribution < -0.4 is 5.32 Å². The summed E-state index contributed by atoms with van der Waals surface area (Å²) in [6.07, 6.45) is 2.35. The van der Waals surface area contributed by atoms with Gasteiger partial charge in [0.1, 0.15) is 0 Å². The Morgan fingerprint density at radius 3 is 3.00 bits per heavy atom. The summed E-state index contributed by atoms with van der Waals surface area (Å²) in [5.74, 6) is 0. The van der Waals surface area contributed by atoms with Crippen molar-refractivity contribution < 1.29 is 5.11 Å². The monoisotopic (exact) mass is 211 g/mol. The van der Waals surface area contributed by atoms with E-state index in [0.717, 1.165) is 18.5 Å². The maximum atomic E-state index is 9.22. The minimum atomic E-state index is 0.0636. The van der Waals surface area contributed by atoms with Crippen LogP contribution >= 0.6 is 11.6 Å². The Hall–Kier alpha value is -0.570. The fourth-order valence-electron chi connectivity index (χ4n) is 2.00. The van der Waals surface area contributed by atoms with Crippen LogP contribution in [0.4, 0.5) is 0 Å². The maximum absolute atomic E-state index is 9.22. The normalized spacial score (nSPS) is 21.4. The summed E-state index contributed by atoms with van der Waals surface area (Å²) in [4.78, 5) is 0. The molecule has 0 radical (unpaired) electrons. The van der Waals surface area contributed by atoms with Crippen molar-refractivity contribution in [1.82, 2.24) is 5.32 Å². The lowest BCUT2D eigenvalue weighted by Gasteiger charge is -2.14. The van der Waals surface area contributed by atoms with Crippen LogP contribution in [0.25, 0.3) is 0 Å². The predicted molar refractivity (Wildman–Crippen MR) is 57.4 cm³/mol. The van der Waals surface area contributed by atoms with Crippen LogP contribution in [0.5, 0.6) is 0 Å². The van der Waals surface area contributed by atoms with E-state index in [-0.39, 0.29) is 6.61 Å². The molecule has 0 spiro atoms. The third-order valence-corrected chi connectivity index (χ3v) is 2.95. The quantitative estimate of drug-likeness (QED) is 0.787. The molecule has 2 N–H and O–H groups in total. The lowest BCUT2D eigenvalue weighted by Crippen LogP contribution is -2.14. The van der Waals surface area contributed by atoms with E-state index in [4.69, 9.17) is 11.6 Å². The summed E-state index contributed by atoms with van der Waals surface area (Å²) in [5, 5.41) is 13.3. The van der Waals surface area contributed by atoms with E-state index in [1.165, 1.54) is 12.0 Å². The zero-order valence-electron chi connectivity index (χ0n) is 7.96. The van der Waals surface area contributed by atoms with Crippen molar-refractivity contribution in [2.75, 3.05) is 6.54 Å². The molecule has 76 valence electrons. The Morgan fingerprint density at radius 2 is 2.36 bits per heavy atom. The Bertz CT molecular complexity index is 321. The summed E-state index contributed by atoms with van der Waals surface area (Å²) in [6.45, 7) is 1.13. The largest absolute Gasteiger partial charge is 0.392 e. The van der Waals surface area contributed by atoms with Gasteiger partial charge in [-0.05, 0) is 42.6 Å². The molecule has 0 aromatic heterocycles. The summed E-state index contributed by atoms with van der Waals surface area (Å²) in [5.41, 5.74) is 2.13.